The van der Waals surface area contributed by atoms with Gasteiger partial charge in [-0.3, -0.25) is 0 Å². The van der Waals surface area contributed by atoms with Gasteiger partial charge in [-0.1, -0.05) is 30.3 Å². The average Bonchev–Trinajstić information content (AvgIpc) is 2.78. The van der Waals surface area contributed by atoms with Crippen molar-refractivity contribution in [3.63, 3.8) is 0 Å². The number of halogens is 1. The van der Waals surface area contributed by atoms with Crippen molar-refractivity contribution in [1.29, 1.82) is 0 Å². The van der Waals surface area contributed by atoms with Crippen LogP contribution in [0.1, 0.15) is 22.6 Å². The Bertz CT molecular complexity index is 658. The average molecular weight is 409 g/mol. The second-order valence-corrected chi connectivity index (χ2v) is 6.49. The first-order valence-electron chi connectivity index (χ1n) is 7.45. The van der Waals surface area contributed by atoms with E-state index in [2.05, 4.69) is 64.3 Å². The van der Waals surface area contributed by atoms with E-state index >= 15 is 0 Å². The second kappa shape index (κ2) is 6.87. The van der Waals surface area contributed by atoms with Crippen molar-refractivity contribution in [3.8, 4) is 11.5 Å². The molecule has 3 nitrogen and oxygen atoms in total. The van der Waals surface area contributed by atoms with Crippen LogP contribution in [-0.4, -0.2) is 27.3 Å². The summed E-state index contributed by atoms with van der Waals surface area (Å²) in [6.45, 7) is 1.93. The quantitative estimate of drug-likeness (QED) is 0.787. The Morgan fingerprint density at radius 2 is 1.91 bits per heavy atom. The number of rotatable bonds is 3. The molecule has 2 aromatic rings. The first-order valence-corrected chi connectivity index (χ1v) is 8.53. The van der Waals surface area contributed by atoms with Gasteiger partial charge in [0.05, 0.1) is 17.8 Å². The molecular weight excluding hydrogens is 389 g/mol. The summed E-state index contributed by atoms with van der Waals surface area (Å²) in [7, 11) is 3.41. The van der Waals surface area contributed by atoms with Crippen molar-refractivity contribution in [2.24, 2.45) is 0 Å². The predicted molar refractivity (Wildman–Crippen MR) is 97.1 cm³/mol. The van der Waals surface area contributed by atoms with E-state index in [9.17, 15) is 0 Å². The van der Waals surface area contributed by atoms with Crippen molar-refractivity contribution in [2.45, 2.75) is 12.3 Å². The van der Waals surface area contributed by atoms with Crippen LogP contribution in [0.4, 0.5) is 0 Å². The Labute approximate surface area is 145 Å². The standard InChI is InChI=1S/C18H20INO2/c1-21-16-10-14-13(17(19)18(16)22-2)8-9-20-11-15(14)12-6-4-3-5-7-12/h3-7,10,15,20H,8-9,11H2,1-2H3. The van der Waals surface area contributed by atoms with Gasteiger partial charge in [0, 0.05) is 12.5 Å². The van der Waals surface area contributed by atoms with E-state index in [-0.39, 0.29) is 0 Å². The fraction of sp³-hybridized carbons (Fsp3) is 0.333. The molecule has 0 radical (unpaired) electrons. The maximum absolute atomic E-state index is 5.56. The minimum Gasteiger partial charge on any atom is -0.493 e. The van der Waals surface area contributed by atoms with Gasteiger partial charge < -0.3 is 14.8 Å². The van der Waals surface area contributed by atoms with Crippen LogP contribution >= 0.6 is 22.6 Å². The number of hydrogen-bond donors (Lipinski definition) is 1. The maximum atomic E-state index is 5.56. The number of nitrogens with one attached hydrogen (secondary N) is 1. The number of benzene rings is 2. The lowest BCUT2D eigenvalue weighted by atomic mass is 9.88. The number of ether oxygens (including phenoxy) is 2. The SMILES string of the molecule is COc1cc2c(c(I)c1OC)CCNCC2c1ccccc1. The van der Waals surface area contributed by atoms with Gasteiger partial charge in [0.15, 0.2) is 11.5 Å². The first kappa shape index (κ1) is 15.6. The van der Waals surface area contributed by atoms with Crippen molar-refractivity contribution in [2.75, 3.05) is 27.3 Å². The zero-order valence-electron chi connectivity index (χ0n) is 12.9. The van der Waals surface area contributed by atoms with E-state index in [0.717, 1.165) is 31.0 Å². The summed E-state index contributed by atoms with van der Waals surface area (Å²) in [6, 6.07) is 12.8. The van der Waals surface area contributed by atoms with Gasteiger partial charge in [0.25, 0.3) is 0 Å². The van der Waals surface area contributed by atoms with Crippen LogP contribution in [0.2, 0.25) is 0 Å². The zero-order chi connectivity index (χ0) is 15.5. The van der Waals surface area contributed by atoms with Crippen LogP contribution in [-0.2, 0) is 6.42 Å². The van der Waals surface area contributed by atoms with Crippen LogP contribution in [0.5, 0.6) is 11.5 Å². The topological polar surface area (TPSA) is 30.5 Å². The third kappa shape index (κ3) is 2.82. The molecule has 0 aromatic heterocycles. The monoisotopic (exact) mass is 409 g/mol. The van der Waals surface area contributed by atoms with Crippen molar-refractivity contribution in [1.82, 2.24) is 5.32 Å². The predicted octanol–water partition coefficient (Wildman–Crippen LogP) is 3.59. The molecule has 0 bridgehead atoms. The van der Waals surface area contributed by atoms with Crippen molar-refractivity contribution >= 4 is 22.6 Å². The van der Waals surface area contributed by atoms with E-state index in [1.54, 1.807) is 14.2 Å². The Kier molecular flexibility index (Phi) is 4.88. The highest BCUT2D eigenvalue weighted by Crippen LogP contribution is 2.41. The normalized spacial score (nSPS) is 17.5. The number of fused-ring (bicyclic) bond motifs is 1. The summed E-state index contributed by atoms with van der Waals surface area (Å²) in [6.07, 6.45) is 1.01. The van der Waals surface area contributed by atoms with Gasteiger partial charge in [-0.15, -0.1) is 0 Å². The molecule has 22 heavy (non-hydrogen) atoms. The molecule has 1 atom stereocenters. The maximum Gasteiger partial charge on any atom is 0.174 e. The van der Waals surface area contributed by atoms with E-state index in [1.807, 2.05) is 0 Å². The smallest absolute Gasteiger partial charge is 0.174 e. The molecule has 0 fully saturated rings. The molecule has 116 valence electrons. The largest absolute Gasteiger partial charge is 0.493 e. The molecule has 0 amide bonds. The van der Waals surface area contributed by atoms with Crippen LogP contribution in [0.3, 0.4) is 0 Å². The summed E-state index contributed by atoms with van der Waals surface area (Å²) < 4.78 is 12.3. The lowest BCUT2D eigenvalue weighted by Gasteiger charge is -2.22. The molecule has 1 aliphatic rings. The van der Waals surface area contributed by atoms with Crippen molar-refractivity contribution < 1.29 is 9.47 Å². The molecule has 1 unspecified atom stereocenters. The molecule has 0 spiro atoms. The molecule has 0 aliphatic carbocycles. The molecule has 3 rings (SSSR count). The van der Waals surface area contributed by atoms with E-state index in [0.29, 0.717) is 5.92 Å². The fourth-order valence-corrected chi connectivity index (χ4v) is 4.19. The molecule has 0 saturated carbocycles. The van der Waals surface area contributed by atoms with Crippen LogP contribution in [0, 0.1) is 3.57 Å². The molecule has 1 heterocycles. The van der Waals surface area contributed by atoms with E-state index in [1.165, 1.54) is 20.3 Å². The Morgan fingerprint density at radius 1 is 1.14 bits per heavy atom. The summed E-state index contributed by atoms with van der Waals surface area (Å²) in [4.78, 5) is 0. The van der Waals surface area contributed by atoms with Gasteiger partial charge in [-0.05, 0) is 58.3 Å². The lowest BCUT2D eigenvalue weighted by molar-refractivity contribution is 0.352. The third-order valence-electron chi connectivity index (χ3n) is 4.22. The van der Waals surface area contributed by atoms with Gasteiger partial charge in [0.1, 0.15) is 0 Å². The minimum absolute atomic E-state index is 0.340. The lowest BCUT2D eigenvalue weighted by Crippen LogP contribution is -2.20. The summed E-state index contributed by atoms with van der Waals surface area (Å²) >= 11 is 2.39. The van der Waals surface area contributed by atoms with E-state index < -0.39 is 0 Å². The first-order chi connectivity index (χ1) is 10.8. The molecule has 4 heteroatoms. The highest BCUT2D eigenvalue weighted by atomic mass is 127. The summed E-state index contributed by atoms with van der Waals surface area (Å²) in [5.74, 6) is 2.00. The van der Waals surface area contributed by atoms with Gasteiger partial charge in [-0.2, -0.15) is 0 Å². The summed E-state index contributed by atoms with van der Waals surface area (Å²) in [5, 5.41) is 3.56. The molecule has 2 aromatic carbocycles. The number of methoxy groups -OCH3 is 2. The van der Waals surface area contributed by atoms with Crippen LogP contribution < -0.4 is 14.8 Å². The second-order valence-electron chi connectivity index (χ2n) is 5.41. The highest BCUT2D eigenvalue weighted by molar-refractivity contribution is 14.1. The van der Waals surface area contributed by atoms with Crippen molar-refractivity contribution in [3.05, 3.63) is 56.7 Å². The van der Waals surface area contributed by atoms with Gasteiger partial charge in [0.2, 0.25) is 0 Å². The fourth-order valence-electron chi connectivity index (χ4n) is 3.13. The highest BCUT2D eigenvalue weighted by Gasteiger charge is 2.25. The molecule has 0 saturated heterocycles. The van der Waals surface area contributed by atoms with Crippen LogP contribution in [0.25, 0.3) is 0 Å². The number of hydrogen-bond acceptors (Lipinski definition) is 3. The zero-order valence-corrected chi connectivity index (χ0v) is 15.0. The van der Waals surface area contributed by atoms with Gasteiger partial charge >= 0.3 is 0 Å². The Balaban J connectivity index is 2.18. The third-order valence-corrected chi connectivity index (χ3v) is 5.37. The molecular formula is C18H20INO2. The Hall–Kier alpha value is -1.27. The van der Waals surface area contributed by atoms with Crippen LogP contribution in [0.15, 0.2) is 36.4 Å². The molecule has 1 aliphatic heterocycles. The molecule has 1 N–H and O–H groups in total. The van der Waals surface area contributed by atoms with Gasteiger partial charge in [-0.25, -0.2) is 0 Å². The minimum atomic E-state index is 0.340. The summed E-state index contributed by atoms with van der Waals surface area (Å²) in [5.41, 5.74) is 4.05. The van der Waals surface area contributed by atoms with E-state index in [4.69, 9.17) is 9.47 Å². The Morgan fingerprint density at radius 3 is 2.59 bits per heavy atom.